The van der Waals surface area contributed by atoms with E-state index >= 15 is 0 Å². The van der Waals surface area contributed by atoms with Crippen LogP contribution in [0.4, 0.5) is 0 Å². The Hall–Kier alpha value is -3.11. The van der Waals surface area contributed by atoms with Crippen LogP contribution in [0.25, 0.3) is 22.5 Å². The molecule has 0 fully saturated rings. The highest BCUT2D eigenvalue weighted by atomic mass is 32.2. The summed E-state index contributed by atoms with van der Waals surface area (Å²) in [5.74, 6) is 0. The van der Waals surface area contributed by atoms with Gasteiger partial charge in [-0.05, 0) is 36.4 Å². The van der Waals surface area contributed by atoms with Crippen LogP contribution in [0.2, 0.25) is 0 Å². The summed E-state index contributed by atoms with van der Waals surface area (Å²) >= 11 is 0. The van der Waals surface area contributed by atoms with Gasteiger partial charge in [-0.3, -0.25) is 4.98 Å². The number of rotatable bonds is 4. The molecule has 126 valence electrons. The molecule has 1 unspecified atom stereocenters. The standard InChI is InChI=1S/C22H16N2OS/c25-26(19-11-6-10-18(16-19)20-12-4-5-15-23-20)22-14-7-13-21(24-22)17-8-2-1-3-9-17/h1-16H. The second kappa shape index (κ2) is 7.42. The van der Waals surface area contributed by atoms with E-state index in [1.54, 1.807) is 12.3 Å². The van der Waals surface area contributed by atoms with Crippen molar-refractivity contribution >= 4 is 10.8 Å². The quantitative estimate of drug-likeness (QED) is 0.518. The zero-order valence-corrected chi connectivity index (χ0v) is 14.8. The zero-order valence-electron chi connectivity index (χ0n) is 13.9. The van der Waals surface area contributed by atoms with Crippen LogP contribution < -0.4 is 0 Å². The summed E-state index contributed by atoms with van der Waals surface area (Å²) in [6, 6.07) is 28.9. The van der Waals surface area contributed by atoms with Crippen molar-refractivity contribution in [1.29, 1.82) is 0 Å². The average molecular weight is 356 g/mol. The third-order valence-corrected chi connectivity index (χ3v) is 5.28. The van der Waals surface area contributed by atoms with Crippen LogP contribution in [0.1, 0.15) is 0 Å². The smallest absolute Gasteiger partial charge is 0.132 e. The van der Waals surface area contributed by atoms with E-state index < -0.39 is 10.8 Å². The molecule has 0 aliphatic carbocycles. The third kappa shape index (κ3) is 3.46. The predicted molar refractivity (Wildman–Crippen MR) is 104 cm³/mol. The molecule has 26 heavy (non-hydrogen) atoms. The lowest BCUT2D eigenvalue weighted by Gasteiger charge is -2.07. The molecule has 3 nitrogen and oxygen atoms in total. The van der Waals surface area contributed by atoms with Crippen LogP contribution in [-0.4, -0.2) is 14.2 Å². The number of hydrogen-bond donors (Lipinski definition) is 0. The van der Waals surface area contributed by atoms with Crippen molar-refractivity contribution in [2.75, 3.05) is 0 Å². The van der Waals surface area contributed by atoms with Crippen LogP contribution in [0.3, 0.4) is 0 Å². The molecule has 0 bridgehead atoms. The number of pyridine rings is 2. The molecule has 0 aliphatic heterocycles. The lowest BCUT2D eigenvalue weighted by atomic mass is 10.1. The fraction of sp³-hybridized carbons (Fsp3) is 0. The first-order chi connectivity index (χ1) is 12.8. The number of nitrogens with zero attached hydrogens (tertiary/aromatic N) is 2. The first kappa shape index (κ1) is 16.4. The van der Waals surface area contributed by atoms with Crippen molar-refractivity contribution in [2.24, 2.45) is 0 Å². The number of benzene rings is 2. The van der Waals surface area contributed by atoms with E-state index in [0.717, 1.165) is 22.5 Å². The molecular formula is C22H16N2OS. The van der Waals surface area contributed by atoms with Gasteiger partial charge < -0.3 is 0 Å². The number of hydrogen-bond acceptors (Lipinski definition) is 3. The van der Waals surface area contributed by atoms with Crippen molar-refractivity contribution in [1.82, 2.24) is 9.97 Å². The van der Waals surface area contributed by atoms with Gasteiger partial charge in [0, 0.05) is 22.2 Å². The summed E-state index contributed by atoms with van der Waals surface area (Å²) in [6.45, 7) is 0. The zero-order chi connectivity index (χ0) is 17.8. The Morgan fingerprint density at radius 1 is 0.654 bits per heavy atom. The van der Waals surface area contributed by atoms with Crippen molar-refractivity contribution in [2.45, 2.75) is 9.92 Å². The lowest BCUT2D eigenvalue weighted by molar-refractivity contribution is 0.680. The molecule has 0 saturated heterocycles. The van der Waals surface area contributed by atoms with Gasteiger partial charge in [0.2, 0.25) is 0 Å². The Morgan fingerprint density at radius 2 is 1.38 bits per heavy atom. The molecule has 0 radical (unpaired) electrons. The number of aromatic nitrogens is 2. The highest BCUT2D eigenvalue weighted by Gasteiger charge is 2.11. The van der Waals surface area contributed by atoms with Gasteiger partial charge in [-0.15, -0.1) is 0 Å². The molecule has 1 atom stereocenters. The van der Waals surface area contributed by atoms with Crippen molar-refractivity contribution < 1.29 is 4.21 Å². The van der Waals surface area contributed by atoms with Crippen LogP contribution in [0, 0.1) is 0 Å². The Labute approximate surface area is 154 Å². The fourth-order valence-corrected chi connectivity index (χ4v) is 3.77. The van der Waals surface area contributed by atoms with E-state index in [2.05, 4.69) is 9.97 Å². The Balaban J connectivity index is 1.69. The lowest BCUT2D eigenvalue weighted by Crippen LogP contribution is -1.98. The summed E-state index contributed by atoms with van der Waals surface area (Å²) in [6.07, 6.45) is 1.75. The summed E-state index contributed by atoms with van der Waals surface area (Å²) in [5, 5.41) is 0.546. The molecule has 0 spiro atoms. The molecule has 2 aromatic heterocycles. The molecular weight excluding hydrogens is 340 g/mol. The second-order valence-corrected chi connectivity index (χ2v) is 7.17. The maximum absolute atomic E-state index is 13.0. The molecule has 0 N–H and O–H groups in total. The molecule has 4 aromatic rings. The normalized spacial score (nSPS) is 11.8. The molecule has 0 amide bonds. The Morgan fingerprint density at radius 3 is 2.19 bits per heavy atom. The largest absolute Gasteiger partial charge is 0.256 e. The minimum absolute atomic E-state index is 0.546. The van der Waals surface area contributed by atoms with E-state index in [1.807, 2.05) is 84.9 Å². The second-order valence-electron chi connectivity index (χ2n) is 5.74. The van der Waals surface area contributed by atoms with Gasteiger partial charge in [0.1, 0.15) is 15.8 Å². The maximum Gasteiger partial charge on any atom is 0.132 e. The van der Waals surface area contributed by atoms with Crippen molar-refractivity contribution in [3.05, 3.63) is 97.2 Å². The minimum Gasteiger partial charge on any atom is -0.256 e. The molecule has 4 heteroatoms. The minimum atomic E-state index is -1.35. The summed E-state index contributed by atoms with van der Waals surface area (Å²) in [4.78, 5) is 9.68. The molecule has 4 rings (SSSR count). The van der Waals surface area contributed by atoms with Gasteiger partial charge in [0.15, 0.2) is 0 Å². The highest BCUT2D eigenvalue weighted by Crippen LogP contribution is 2.24. The van der Waals surface area contributed by atoms with E-state index in [9.17, 15) is 4.21 Å². The van der Waals surface area contributed by atoms with E-state index in [1.165, 1.54) is 0 Å². The molecule has 2 heterocycles. The highest BCUT2D eigenvalue weighted by molar-refractivity contribution is 7.85. The van der Waals surface area contributed by atoms with Gasteiger partial charge in [-0.1, -0.05) is 54.6 Å². The van der Waals surface area contributed by atoms with Crippen molar-refractivity contribution in [3.63, 3.8) is 0 Å². The molecule has 0 aliphatic rings. The summed E-state index contributed by atoms with van der Waals surface area (Å²) < 4.78 is 13.0. The van der Waals surface area contributed by atoms with Crippen LogP contribution in [-0.2, 0) is 10.8 Å². The fourth-order valence-electron chi connectivity index (χ4n) is 2.71. The van der Waals surface area contributed by atoms with Gasteiger partial charge in [0.05, 0.1) is 11.4 Å². The summed E-state index contributed by atoms with van der Waals surface area (Å²) in [5.41, 5.74) is 3.62. The van der Waals surface area contributed by atoms with Gasteiger partial charge in [-0.25, -0.2) is 9.19 Å². The van der Waals surface area contributed by atoms with E-state index in [4.69, 9.17) is 0 Å². The van der Waals surface area contributed by atoms with Crippen LogP contribution in [0.15, 0.2) is 107 Å². The van der Waals surface area contributed by atoms with Crippen molar-refractivity contribution in [3.8, 4) is 22.5 Å². The summed E-state index contributed by atoms with van der Waals surface area (Å²) in [7, 11) is -1.35. The van der Waals surface area contributed by atoms with Gasteiger partial charge in [-0.2, -0.15) is 0 Å². The average Bonchev–Trinajstić information content (AvgIpc) is 2.75. The Bertz CT molecular complexity index is 965. The van der Waals surface area contributed by atoms with Gasteiger partial charge in [0.25, 0.3) is 0 Å². The third-order valence-electron chi connectivity index (χ3n) is 3.99. The topological polar surface area (TPSA) is 42.9 Å². The SMILES string of the molecule is O=S(c1cccc(-c2ccccn2)c1)c1cccc(-c2ccccc2)n1. The van der Waals surface area contributed by atoms with Gasteiger partial charge >= 0.3 is 0 Å². The Kier molecular flexibility index (Phi) is 4.67. The predicted octanol–water partition coefficient (Wildman–Crippen LogP) is 4.98. The monoisotopic (exact) mass is 356 g/mol. The first-order valence-electron chi connectivity index (χ1n) is 8.27. The van der Waals surface area contributed by atoms with Crippen LogP contribution in [0.5, 0.6) is 0 Å². The van der Waals surface area contributed by atoms with E-state index in [0.29, 0.717) is 9.92 Å². The molecule has 0 saturated carbocycles. The van der Waals surface area contributed by atoms with E-state index in [-0.39, 0.29) is 0 Å². The first-order valence-corrected chi connectivity index (χ1v) is 9.42. The maximum atomic E-state index is 13.0. The molecule has 2 aromatic carbocycles. The van der Waals surface area contributed by atoms with Crippen LogP contribution >= 0.6 is 0 Å².